The molecule has 3 nitrogen and oxygen atoms in total. The number of rotatable bonds is 2. The van der Waals surface area contributed by atoms with Crippen LogP contribution in [-0.2, 0) is 4.79 Å². The van der Waals surface area contributed by atoms with E-state index < -0.39 is 5.72 Å². The Morgan fingerprint density at radius 3 is 2.38 bits per heavy atom. The van der Waals surface area contributed by atoms with Crippen LogP contribution in [0.2, 0.25) is 0 Å². The molecule has 3 heteroatoms. The van der Waals surface area contributed by atoms with E-state index in [4.69, 9.17) is 10.8 Å². The molecule has 1 radical (unpaired) electrons. The monoisotopic (exact) mass is 116 g/mol. The van der Waals surface area contributed by atoms with Crippen molar-refractivity contribution in [2.75, 3.05) is 0 Å². The quantitative estimate of drug-likeness (QED) is 0.476. The Morgan fingerprint density at radius 1 is 2.00 bits per heavy atom. The van der Waals surface area contributed by atoms with Gasteiger partial charge in [-0.1, -0.05) is 0 Å². The van der Waals surface area contributed by atoms with E-state index in [1.165, 1.54) is 6.92 Å². The van der Waals surface area contributed by atoms with Crippen molar-refractivity contribution in [1.29, 1.82) is 0 Å². The third kappa shape index (κ3) is 5.59. The zero-order valence-corrected chi connectivity index (χ0v) is 4.85. The van der Waals surface area contributed by atoms with Crippen molar-refractivity contribution in [3.8, 4) is 0 Å². The van der Waals surface area contributed by atoms with Crippen LogP contribution in [0.15, 0.2) is 0 Å². The van der Waals surface area contributed by atoms with E-state index in [0.29, 0.717) is 0 Å². The summed E-state index contributed by atoms with van der Waals surface area (Å²) in [6, 6.07) is 0. The van der Waals surface area contributed by atoms with E-state index in [2.05, 4.69) is 6.92 Å². The molecule has 0 fully saturated rings. The van der Waals surface area contributed by atoms with Gasteiger partial charge in [-0.3, -0.25) is 4.79 Å². The van der Waals surface area contributed by atoms with Crippen molar-refractivity contribution in [1.82, 2.24) is 0 Å². The molecule has 0 rings (SSSR count). The number of hydrogen-bond acceptors (Lipinski definition) is 3. The molecule has 0 aliphatic heterocycles. The highest BCUT2D eigenvalue weighted by atomic mass is 16.3. The first kappa shape index (κ1) is 7.59. The summed E-state index contributed by atoms with van der Waals surface area (Å²) < 4.78 is 0. The number of carbonyl (C=O) groups excluding carboxylic acids is 1. The molecule has 47 valence electrons. The van der Waals surface area contributed by atoms with Crippen LogP contribution in [0.3, 0.4) is 0 Å². The van der Waals surface area contributed by atoms with Gasteiger partial charge in [0.1, 0.15) is 11.5 Å². The van der Waals surface area contributed by atoms with Gasteiger partial charge in [-0.05, 0) is 13.8 Å². The smallest absolute Gasteiger partial charge is 0.134 e. The second-order valence-corrected chi connectivity index (χ2v) is 1.98. The SMILES string of the molecule is [CH2]C(N)(O)CC(C)=O. The minimum absolute atomic E-state index is 0.0903. The van der Waals surface area contributed by atoms with E-state index in [1.54, 1.807) is 0 Å². The number of ketones is 1. The molecule has 1 atom stereocenters. The third-order valence-electron chi connectivity index (χ3n) is 0.555. The number of carbonyl (C=O) groups is 1. The number of hydrogen-bond donors (Lipinski definition) is 2. The van der Waals surface area contributed by atoms with Gasteiger partial charge in [-0.25, -0.2) is 0 Å². The van der Waals surface area contributed by atoms with Gasteiger partial charge in [0, 0.05) is 6.42 Å². The van der Waals surface area contributed by atoms with E-state index in [1.807, 2.05) is 0 Å². The topological polar surface area (TPSA) is 63.3 Å². The lowest BCUT2D eigenvalue weighted by molar-refractivity contribution is -0.120. The summed E-state index contributed by atoms with van der Waals surface area (Å²) in [6.07, 6.45) is -0.0903. The van der Waals surface area contributed by atoms with Crippen LogP contribution >= 0.6 is 0 Å². The Morgan fingerprint density at radius 2 is 2.38 bits per heavy atom. The number of nitrogens with two attached hydrogens (primary N) is 1. The summed E-state index contributed by atoms with van der Waals surface area (Å²) in [7, 11) is 0. The summed E-state index contributed by atoms with van der Waals surface area (Å²) in [4.78, 5) is 10.2. The van der Waals surface area contributed by atoms with Gasteiger partial charge < -0.3 is 10.8 Å². The Bertz CT molecular complexity index is 93.1. The van der Waals surface area contributed by atoms with Gasteiger partial charge in [0.15, 0.2) is 0 Å². The second kappa shape index (κ2) is 2.24. The van der Waals surface area contributed by atoms with Gasteiger partial charge in [0.05, 0.1) is 0 Å². The maximum Gasteiger partial charge on any atom is 0.134 e. The van der Waals surface area contributed by atoms with Gasteiger partial charge in [0.2, 0.25) is 0 Å². The molecule has 0 heterocycles. The summed E-state index contributed by atoms with van der Waals surface area (Å²) in [5.41, 5.74) is 3.38. The van der Waals surface area contributed by atoms with Gasteiger partial charge >= 0.3 is 0 Å². The highest BCUT2D eigenvalue weighted by molar-refractivity contribution is 5.76. The van der Waals surface area contributed by atoms with Crippen molar-refractivity contribution in [2.24, 2.45) is 5.73 Å². The number of Topliss-reactive ketones (excluding diaryl/α,β-unsaturated/α-hetero) is 1. The average Bonchev–Trinajstić information content (AvgIpc) is 1.21. The van der Waals surface area contributed by atoms with Crippen molar-refractivity contribution < 1.29 is 9.90 Å². The molecular formula is C5H10NO2. The molecule has 0 amide bonds. The van der Waals surface area contributed by atoms with Crippen molar-refractivity contribution in [2.45, 2.75) is 19.1 Å². The normalized spacial score (nSPS) is 17.5. The zero-order chi connectivity index (χ0) is 6.78. The van der Waals surface area contributed by atoms with E-state index in [-0.39, 0.29) is 12.2 Å². The fourth-order valence-electron chi connectivity index (χ4n) is 0.431. The highest BCUT2D eigenvalue weighted by Gasteiger charge is 2.14. The van der Waals surface area contributed by atoms with E-state index in [0.717, 1.165) is 0 Å². The van der Waals surface area contributed by atoms with E-state index >= 15 is 0 Å². The lowest BCUT2D eigenvalue weighted by atomic mass is 10.1. The molecule has 1 unspecified atom stereocenters. The predicted molar refractivity (Wildman–Crippen MR) is 29.8 cm³/mol. The highest BCUT2D eigenvalue weighted by Crippen LogP contribution is 1.98. The summed E-state index contributed by atoms with van der Waals surface area (Å²) in [5, 5.41) is 8.63. The molecule has 0 spiro atoms. The molecule has 0 aliphatic carbocycles. The molecular weight excluding hydrogens is 106 g/mol. The summed E-state index contributed by atoms with van der Waals surface area (Å²) in [5.74, 6) is -0.162. The molecule has 0 bridgehead atoms. The van der Waals surface area contributed by atoms with Gasteiger partial charge in [0.25, 0.3) is 0 Å². The lowest BCUT2D eigenvalue weighted by Gasteiger charge is -2.13. The molecule has 0 aromatic carbocycles. The first-order chi connectivity index (χ1) is 3.42. The van der Waals surface area contributed by atoms with Crippen molar-refractivity contribution >= 4 is 5.78 Å². The average molecular weight is 116 g/mol. The standard InChI is InChI=1S/C5H10NO2/c1-4(7)3-5(2,6)8/h8H,2-3,6H2,1H3. The fraction of sp³-hybridized carbons (Fsp3) is 0.600. The molecule has 8 heavy (non-hydrogen) atoms. The van der Waals surface area contributed by atoms with Crippen LogP contribution < -0.4 is 5.73 Å². The van der Waals surface area contributed by atoms with Gasteiger partial charge in [-0.2, -0.15) is 0 Å². The van der Waals surface area contributed by atoms with Crippen LogP contribution in [-0.4, -0.2) is 16.6 Å². The van der Waals surface area contributed by atoms with Crippen LogP contribution in [0.4, 0.5) is 0 Å². The molecule has 0 aromatic heterocycles. The Balaban J connectivity index is 3.55. The molecule has 0 saturated heterocycles. The first-order valence-corrected chi connectivity index (χ1v) is 2.28. The fourth-order valence-corrected chi connectivity index (χ4v) is 0.431. The Labute approximate surface area is 48.5 Å². The summed E-state index contributed by atoms with van der Waals surface area (Å²) in [6.45, 7) is 4.47. The molecule has 0 saturated carbocycles. The van der Waals surface area contributed by atoms with Crippen LogP contribution in [0.1, 0.15) is 13.3 Å². The number of aliphatic hydroxyl groups is 1. The third-order valence-corrected chi connectivity index (χ3v) is 0.555. The van der Waals surface area contributed by atoms with Crippen LogP contribution in [0.5, 0.6) is 0 Å². The Hall–Kier alpha value is -0.410. The van der Waals surface area contributed by atoms with Crippen molar-refractivity contribution in [3.05, 3.63) is 6.92 Å². The van der Waals surface area contributed by atoms with Crippen molar-refractivity contribution in [3.63, 3.8) is 0 Å². The minimum atomic E-state index is -1.58. The van der Waals surface area contributed by atoms with Crippen LogP contribution in [0, 0.1) is 6.92 Å². The Kier molecular flexibility index (Phi) is 2.12. The largest absolute Gasteiger partial charge is 0.376 e. The van der Waals surface area contributed by atoms with Crippen LogP contribution in [0.25, 0.3) is 0 Å². The predicted octanol–water partition coefficient (Wildman–Crippen LogP) is -0.553. The maximum absolute atomic E-state index is 10.2. The zero-order valence-electron chi connectivity index (χ0n) is 4.85. The van der Waals surface area contributed by atoms with E-state index in [9.17, 15) is 4.79 Å². The minimum Gasteiger partial charge on any atom is -0.376 e. The summed E-state index contributed by atoms with van der Waals surface area (Å²) >= 11 is 0. The molecule has 0 aliphatic rings. The molecule has 0 aromatic rings. The second-order valence-electron chi connectivity index (χ2n) is 1.98. The van der Waals surface area contributed by atoms with Gasteiger partial charge in [-0.15, -0.1) is 0 Å². The molecule has 3 N–H and O–H groups in total. The first-order valence-electron chi connectivity index (χ1n) is 2.28. The lowest BCUT2D eigenvalue weighted by Crippen LogP contribution is -2.37. The maximum atomic E-state index is 10.2.